The number of hydrazone groups is 1. The fraction of sp³-hybridized carbons (Fsp3) is 0.250. The Labute approximate surface area is 194 Å². The molecule has 3 aromatic carbocycles. The number of rotatable bonds is 7. The molecule has 0 fully saturated rings. The Morgan fingerprint density at radius 3 is 2.15 bits per heavy atom. The Hall–Kier alpha value is -3.73. The third-order valence-corrected chi connectivity index (χ3v) is 5.97. The molecule has 0 saturated carbocycles. The predicted molar refractivity (Wildman–Crippen MR) is 132 cm³/mol. The van der Waals surface area contributed by atoms with Crippen LogP contribution in [0.25, 0.3) is 0 Å². The van der Waals surface area contributed by atoms with Gasteiger partial charge in [0.2, 0.25) is 5.91 Å². The van der Waals surface area contributed by atoms with E-state index in [0.717, 1.165) is 36.1 Å². The van der Waals surface area contributed by atoms with Gasteiger partial charge in [-0.25, -0.2) is 5.43 Å². The summed E-state index contributed by atoms with van der Waals surface area (Å²) in [4.78, 5) is 25.7. The molecule has 2 N–H and O–H groups in total. The molecular formula is C28H29N3O2. The quantitative estimate of drug-likeness (QED) is 0.391. The molecule has 0 aliphatic heterocycles. The Morgan fingerprint density at radius 1 is 0.848 bits per heavy atom. The van der Waals surface area contributed by atoms with Crippen LogP contribution in [-0.2, 0) is 22.4 Å². The van der Waals surface area contributed by atoms with Crippen molar-refractivity contribution in [1.82, 2.24) is 5.43 Å². The number of anilines is 1. The minimum Gasteiger partial charge on any atom is -0.325 e. The fourth-order valence-electron chi connectivity index (χ4n) is 4.37. The molecule has 0 bridgehead atoms. The van der Waals surface area contributed by atoms with Gasteiger partial charge in [0.05, 0.1) is 12.3 Å². The van der Waals surface area contributed by atoms with Gasteiger partial charge in [-0.3, -0.25) is 9.59 Å². The SMILES string of the molecule is CC(CC(=O)Nc1cccc2c1CCCC2)=NNC(=O)C(c1ccccc1)c1ccccc1. The van der Waals surface area contributed by atoms with Gasteiger partial charge in [0.25, 0.3) is 5.91 Å². The lowest BCUT2D eigenvalue weighted by Crippen LogP contribution is -2.27. The number of aryl methyl sites for hydroxylation is 1. The largest absolute Gasteiger partial charge is 0.325 e. The average Bonchev–Trinajstić information content (AvgIpc) is 2.84. The number of nitrogens with zero attached hydrogens (tertiary/aromatic N) is 1. The Balaban J connectivity index is 1.41. The summed E-state index contributed by atoms with van der Waals surface area (Å²) in [5, 5.41) is 7.25. The van der Waals surface area contributed by atoms with Crippen molar-refractivity contribution in [2.75, 3.05) is 5.32 Å². The van der Waals surface area contributed by atoms with E-state index < -0.39 is 5.92 Å². The summed E-state index contributed by atoms with van der Waals surface area (Å²) in [7, 11) is 0. The zero-order chi connectivity index (χ0) is 23.0. The molecule has 33 heavy (non-hydrogen) atoms. The molecule has 0 heterocycles. The first-order chi connectivity index (χ1) is 16.1. The monoisotopic (exact) mass is 439 g/mol. The summed E-state index contributed by atoms with van der Waals surface area (Å²) in [6.45, 7) is 1.75. The van der Waals surface area contributed by atoms with E-state index in [1.165, 1.54) is 17.5 Å². The summed E-state index contributed by atoms with van der Waals surface area (Å²) in [6.07, 6.45) is 4.52. The van der Waals surface area contributed by atoms with Crippen molar-refractivity contribution in [2.45, 2.75) is 44.9 Å². The number of hydrogen-bond donors (Lipinski definition) is 2. The molecule has 168 valence electrons. The zero-order valence-electron chi connectivity index (χ0n) is 18.9. The topological polar surface area (TPSA) is 70.6 Å². The van der Waals surface area contributed by atoms with Crippen LogP contribution in [0.15, 0.2) is 84.0 Å². The molecule has 3 aromatic rings. The van der Waals surface area contributed by atoms with E-state index in [0.29, 0.717) is 5.71 Å². The lowest BCUT2D eigenvalue weighted by molar-refractivity contribution is -0.121. The number of hydrogen-bond acceptors (Lipinski definition) is 3. The summed E-state index contributed by atoms with van der Waals surface area (Å²) in [6, 6.07) is 25.3. The Morgan fingerprint density at radius 2 is 1.48 bits per heavy atom. The molecule has 0 saturated heterocycles. The third-order valence-electron chi connectivity index (χ3n) is 5.97. The van der Waals surface area contributed by atoms with E-state index >= 15 is 0 Å². The van der Waals surface area contributed by atoms with Gasteiger partial charge < -0.3 is 5.32 Å². The maximum Gasteiger partial charge on any atom is 0.252 e. The standard InChI is InChI=1S/C28H29N3O2/c1-20(19-26(32)29-25-18-10-16-21-11-8-9-17-24(21)25)30-31-28(33)27(22-12-4-2-5-13-22)23-14-6-3-7-15-23/h2-7,10,12-16,18,27H,8-9,11,17,19H2,1H3,(H,29,32)(H,31,33). The zero-order valence-corrected chi connectivity index (χ0v) is 18.9. The molecule has 5 nitrogen and oxygen atoms in total. The van der Waals surface area contributed by atoms with Gasteiger partial charge in [-0.15, -0.1) is 0 Å². The molecule has 2 amide bonds. The molecule has 0 radical (unpaired) electrons. The molecule has 0 spiro atoms. The van der Waals surface area contributed by atoms with Crippen LogP contribution in [0.3, 0.4) is 0 Å². The molecular weight excluding hydrogens is 410 g/mol. The second-order valence-electron chi connectivity index (χ2n) is 8.45. The van der Waals surface area contributed by atoms with Gasteiger partial charge in [-0.2, -0.15) is 5.10 Å². The molecule has 1 aliphatic carbocycles. The minimum atomic E-state index is -0.478. The van der Waals surface area contributed by atoms with Gasteiger partial charge in [-0.05, 0) is 60.9 Å². The van der Waals surface area contributed by atoms with Crippen molar-refractivity contribution in [1.29, 1.82) is 0 Å². The van der Waals surface area contributed by atoms with Gasteiger partial charge in [0, 0.05) is 11.4 Å². The normalized spacial score (nSPS) is 13.3. The third kappa shape index (κ3) is 5.75. The van der Waals surface area contributed by atoms with Crippen molar-refractivity contribution in [3.8, 4) is 0 Å². The molecule has 1 aliphatic rings. The minimum absolute atomic E-state index is 0.116. The molecule has 0 unspecified atom stereocenters. The lowest BCUT2D eigenvalue weighted by atomic mass is 9.90. The van der Waals surface area contributed by atoms with Crippen LogP contribution in [0.5, 0.6) is 0 Å². The number of fused-ring (bicyclic) bond motifs is 1. The molecule has 4 rings (SSSR count). The summed E-state index contributed by atoms with van der Waals surface area (Å²) < 4.78 is 0. The number of benzene rings is 3. The first kappa shape index (κ1) is 22.5. The van der Waals surface area contributed by atoms with Crippen molar-refractivity contribution in [2.24, 2.45) is 5.10 Å². The number of amides is 2. The van der Waals surface area contributed by atoms with Crippen LogP contribution >= 0.6 is 0 Å². The predicted octanol–water partition coefficient (Wildman–Crippen LogP) is 5.22. The highest BCUT2D eigenvalue weighted by molar-refractivity contribution is 6.06. The number of carbonyl (C=O) groups is 2. The first-order valence-electron chi connectivity index (χ1n) is 11.5. The van der Waals surface area contributed by atoms with Crippen LogP contribution in [-0.4, -0.2) is 17.5 Å². The van der Waals surface area contributed by atoms with Crippen LogP contribution in [0, 0.1) is 0 Å². The molecule has 5 heteroatoms. The van der Waals surface area contributed by atoms with Crippen LogP contribution < -0.4 is 10.7 Å². The fourth-order valence-corrected chi connectivity index (χ4v) is 4.37. The number of nitrogens with one attached hydrogen (secondary N) is 2. The van der Waals surface area contributed by atoms with Crippen LogP contribution in [0.1, 0.15) is 54.4 Å². The van der Waals surface area contributed by atoms with Gasteiger partial charge in [-0.1, -0.05) is 72.8 Å². The second-order valence-corrected chi connectivity index (χ2v) is 8.45. The van der Waals surface area contributed by atoms with Crippen LogP contribution in [0.4, 0.5) is 5.69 Å². The van der Waals surface area contributed by atoms with Crippen molar-refractivity contribution in [3.63, 3.8) is 0 Å². The highest BCUT2D eigenvalue weighted by atomic mass is 16.2. The highest BCUT2D eigenvalue weighted by Crippen LogP contribution is 2.28. The average molecular weight is 440 g/mol. The van der Waals surface area contributed by atoms with Gasteiger partial charge >= 0.3 is 0 Å². The maximum absolute atomic E-state index is 13.1. The van der Waals surface area contributed by atoms with E-state index in [1.54, 1.807) is 6.92 Å². The van der Waals surface area contributed by atoms with E-state index in [1.807, 2.05) is 72.8 Å². The highest BCUT2D eigenvalue weighted by Gasteiger charge is 2.22. The van der Waals surface area contributed by atoms with E-state index in [2.05, 4.69) is 21.9 Å². The van der Waals surface area contributed by atoms with E-state index in [4.69, 9.17) is 0 Å². The lowest BCUT2D eigenvalue weighted by Gasteiger charge is -2.19. The second kappa shape index (κ2) is 10.7. The maximum atomic E-state index is 13.1. The van der Waals surface area contributed by atoms with Crippen LogP contribution in [0.2, 0.25) is 0 Å². The summed E-state index contributed by atoms with van der Waals surface area (Å²) in [5.41, 5.74) is 8.45. The van der Waals surface area contributed by atoms with Gasteiger partial charge in [0.1, 0.15) is 0 Å². The van der Waals surface area contributed by atoms with Crippen molar-refractivity contribution >= 4 is 23.2 Å². The smallest absolute Gasteiger partial charge is 0.252 e. The first-order valence-corrected chi connectivity index (χ1v) is 11.5. The molecule has 0 atom stereocenters. The van der Waals surface area contributed by atoms with Crippen molar-refractivity contribution < 1.29 is 9.59 Å². The van der Waals surface area contributed by atoms with Crippen molar-refractivity contribution in [3.05, 3.63) is 101 Å². The summed E-state index contributed by atoms with van der Waals surface area (Å²) >= 11 is 0. The van der Waals surface area contributed by atoms with Gasteiger partial charge in [0.15, 0.2) is 0 Å². The Bertz CT molecular complexity index is 1100. The van der Waals surface area contributed by atoms with E-state index in [9.17, 15) is 9.59 Å². The number of carbonyl (C=O) groups excluding carboxylic acids is 2. The molecule has 0 aromatic heterocycles. The Kier molecular flexibility index (Phi) is 7.30. The summed E-state index contributed by atoms with van der Waals surface area (Å²) in [5.74, 6) is -0.843. The van der Waals surface area contributed by atoms with E-state index in [-0.39, 0.29) is 18.2 Å².